The van der Waals surface area contributed by atoms with Crippen molar-refractivity contribution in [3.63, 3.8) is 0 Å². The summed E-state index contributed by atoms with van der Waals surface area (Å²) < 4.78 is 0. The van der Waals surface area contributed by atoms with Gasteiger partial charge in [0.05, 0.1) is 9.93 Å². The molecule has 0 atom stereocenters. The maximum Gasteiger partial charge on any atom is 0.300 e. The van der Waals surface area contributed by atoms with Gasteiger partial charge in [0.1, 0.15) is 10.6 Å². The van der Waals surface area contributed by atoms with Crippen LogP contribution >= 0.6 is 22.9 Å². The Balaban J connectivity index is 2.04. The molecule has 1 heterocycles. The van der Waals surface area contributed by atoms with E-state index in [2.05, 4.69) is 10.3 Å². The Labute approximate surface area is 129 Å². The van der Waals surface area contributed by atoms with Crippen LogP contribution in [0, 0.1) is 17.0 Å². The fourth-order valence-corrected chi connectivity index (χ4v) is 2.80. The molecule has 8 heteroatoms. The maximum atomic E-state index is 12.0. The highest BCUT2D eigenvalue weighted by Gasteiger charge is 2.23. The van der Waals surface area contributed by atoms with E-state index in [-0.39, 0.29) is 16.3 Å². The molecule has 1 amide bonds. The maximum absolute atomic E-state index is 12.0. The number of hydrogen-bond donors (Lipinski definition) is 1. The Morgan fingerprint density at radius 2 is 2.29 bits per heavy atom. The number of carbonyl (C=O) groups is 1. The van der Waals surface area contributed by atoms with Crippen molar-refractivity contribution in [2.24, 2.45) is 0 Å². The lowest BCUT2D eigenvalue weighted by molar-refractivity contribution is -0.385. The third-order valence-electron chi connectivity index (χ3n) is 2.70. The van der Waals surface area contributed by atoms with Crippen molar-refractivity contribution in [2.45, 2.75) is 13.3 Å². The number of amides is 1. The highest BCUT2D eigenvalue weighted by Crippen LogP contribution is 2.27. The molecule has 2 rings (SSSR count). The standard InChI is InChI=1S/C13H12ClN3O3S/c1-8-7-21-11(16-8)5-6-15-13(18)9-3-2-4-10(14)12(9)17(19)20/h2-4,7H,5-6H2,1H3,(H,15,18). The monoisotopic (exact) mass is 325 g/mol. The van der Waals surface area contributed by atoms with E-state index in [9.17, 15) is 14.9 Å². The molecule has 0 aliphatic heterocycles. The SMILES string of the molecule is Cc1csc(CCNC(=O)c2cccc(Cl)c2[N+](=O)[O-])n1. The molecule has 110 valence electrons. The average molecular weight is 326 g/mol. The summed E-state index contributed by atoms with van der Waals surface area (Å²) in [5.74, 6) is -0.516. The molecular weight excluding hydrogens is 314 g/mol. The minimum absolute atomic E-state index is 0.0391. The highest BCUT2D eigenvalue weighted by molar-refractivity contribution is 7.09. The number of nitro benzene ring substituents is 1. The fraction of sp³-hybridized carbons (Fsp3) is 0.231. The third kappa shape index (κ3) is 3.77. The van der Waals surface area contributed by atoms with Gasteiger partial charge in [-0.05, 0) is 19.1 Å². The number of para-hydroxylation sites is 1. The molecule has 2 aromatic rings. The number of nitrogens with one attached hydrogen (secondary N) is 1. The Kier molecular flexibility index (Phi) is 4.87. The fourth-order valence-electron chi connectivity index (χ4n) is 1.78. The summed E-state index contributed by atoms with van der Waals surface area (Å²) >= 11 is 7.29. The molecule has 1 aromatic heterocycles. The van der Waals surface area contributed by atoms with E-state index in [4.69, 9.17) is 11.6 Å². The molecule has 0 fully saturated rings. The third-order valence-corrected chi connectivity index (χ3v) is 4.04. The zero-order valence-corrected chi connectivity index (χ0v) is 12.7. The summed E-state index contributed by atoms with van der Waals surface area (Å²) in [4.78, 5) is 26.6. The topological polar surface area (TPSA) is 85.1 Å². The molecule has 0 bridgehead atoms. The van der Waals surface area contributed by atoms with Gasteiger partial charge in [0, 0.05) is 24.0 Å². The number of hydrogen-bond acceptors (Lipinski definition) is 5. The van der Waals surface area contributed by atoms with Gasteiger partial charge in [0.2, 0.25) is 0 Å². The van der Waals surface area contributed by atoms with E-state index in [0.29, 0.717) is 13.0 Å². The van der Waals surface area contributed by atoms with Crippen LogP contribution < -0.4 is 5.32 Å². The van der Waals surface area contributed by atoms with Gasteiger partial charge in [-0.2, -0.15) is 0 Å². The number of nitrogens with zero attached hydrogens (tertiary/aromatic N) is 2. The van der Waals surface area contributed by atoms with E-state index in [1.807, 2.05) is 12.3 Å². The summed E-state index contributed by atoms with van der Waals surface area (Å²) in [6.45, 7) is 2.25. The Bertz CT molecular complexity index is 687. The van der Waals surface area contributed by atoms with Gasteiger partial charge in [-0.1, -0.05) is 17.7 Å². The van der Waals surface area contributed by atoms with Crippen LogP contribution in [0.5, 0.6) is 0 Å². The number of nitro groups is 1. The zero-order valence-electron chi connectivity index (χ0n) is 11.1. The molecule has 0 saturated carbocycles. The Morgan fingerprint density at radius 1 is 1.52 bits per heavy atom. The van der Waals surface area contributed by atoms with Gasteiger partial charge in [-0.15, -0.1) is 11.3 Å². The number of aromatic nitrogens is 1. The lowest BCUT2D eigenvalue weighted by atomic mass is 10.1. The van der Waals surface area contributed by atoms with Gasteiger partial charge in [-0.25, -0.2) is 4.98 Å². The van der Waals surface area contributed by atoms with Crippen LogP contribution in [0.3, 0.4) is 0 Å². The number of carbonyl (C=O) groups excluding carboxylic acids is 1. The lowest BCUT2D eigenvalue weighted by Crippen LogP contribution is -2.26. The summed E-state index contributed by atoms with van der Waals surface area (Å²) in [6.07, 6.45) is 0.582. The van der Waals surface area contributed by atoms with Crippen LogP contribution in [-0.4, -0.2) is 22.4 Å². The van der Waals surface area contributed by atoms with Crippen molar-refractivity contribution in [2.75, 3.05) is 6.54 Å². The van der Waals surface area contributed by atoms with Crippen molar-refractivity contribution in [3.05, 3.63) is 55.0 Å². The molecular formula is C13H12ClN3O3S. The number of halogens is 1. The quantitative estimate of drug-likeness (QED) is 0.676. The van der Waals surface area contributed by atoms with E-state index < -0.39 is 10.8 Å². The predicted molar refractivity (Wildman–Crippen MR) is 81.0 cm³/mol. The van der Waals surface area contributed by atoms with Crippen molar-refractivity contribution in [3.8, 4) is 0 Å². The van der Waals surface area contributed by atoms with Crippen LogP contribution in [0.1, 0.15) is 21.1 Å². The molecule has 1 aromatic carbocycles. The minimum Gasteiger partial charge on any atom is -0.351 e. The molecule has 0 aliphatic rings. The second kappa shape index (κ2) is 6.64. The van der Waals surface area contributed by atoms with Gasteiger partial charge in [0.25, 0.3) is 5.91 Å². The molecule has 0 aliphatic carbocycles. The van der Waals surface area contributed by atoms with Gasteiger partial charge < -0.3 is 5.32 Å². The van der Waals surface area contributed by atoms with Crippen molar-refractivity contribution in [1.82, 2.24) is 10.3 Å². The zero-order chi connectivity index (χ0) is 15.4. The van der Waals surface area contributed by atoms with Crippen LogP contribution in [0.2, 0.25) is 5.02 Å². The first-order valence-electron chi connectivity index (χ1n) is 6.11. The minimum atomic E-state index is -0.651. The van der Waals surface area contributed by atoms with Crippen LogP contribution in [-0.2, 0) is 6.42 Å². The molecule has 0 saturated heterocycles. The molecule has 6 nitrogen and oxygen atoms in total. The second-order valence-corrected chi connectivity index (χ2v) is 5.63. The summed E-state index contributed by atoms with van der Waals surface area (Å²) in [5.41, 5.74) is 0.524. The first kappa shape index (κ1) is 15.4. The molecule has 0 unspecified atom stereocenters. The van der Waals surface area contributed by atoms with E-state index in [1.54, 1.807) is 0 Å². The van der Waals surface area contributed by atoms with Crippen molar-refractivity contribution < 1.29 is 9.72 Å². The van der Waals surface area contributed by atoms with Crippen LogP contribution in [0.4, 0.5) is 5.69 Å². The normalized spacial score (nSPS) is 10.4. The highest BCUT2D eigenvalue weighted by atomic mass is 35.5. The summed E-state index contributed by atoms with van der Waals surface area (Å²) in [7, 11) is 0. The molecule has 0 spiro atoms. The van der Waals surface area contributed by atoms with E-state index in [0.717, 1.165) is 10.7 Å². The molecule has 1 N–H and O–H groups in total. The second-order valence-electron chi connectivity index (χ2n) is 4.28. The van der Waals surface area contributed by atoms with Gasteiger partial charge in [0.15, 0.2) is 0 Å². The van der Waals surface area contributed by atoms with E-state index >= 15 is 0 Å². The number of thiazole rings is 1. The van der Waals surface area contributed by atoms with Gasteiger partial charge >= 0.3 is 5.69 Å². The van der Waals surface area contributed by atoms with Crippen LogP contribution in [0.25, 0.3) is 0 Å². The molecule has 21 heavy (non-hydrogen) atoms. The summed E-state index contributed by atoms with van der Waals surface area (Å²) in [6, 6.07) is 4.27. The first-order valence-corrected chi connectivity index (χ1v) is 7.37. The summed E-state index contributed by atoms with van der Waals surface area (Å²) in [5, 5.41) is 16.4. The number of rotatable bonds is 5. The first-order chi connectivity index (χ1) is 9.99. The van der Waals surface area contributed by atoms with Crippen molar-refractivity contribution >= 4 is 34.5 Å². The number of benzene rings is 1. The molecule has 0 radical (unpaired) electrons. The average Bonchev–Trinajstić information content (AvgIpc) is 2.83. The largest absolute Gasteiger partial charge is 0.351 e. The smallest absolute Gasteiger partial charge is 0.300 e. The number of aryl methyl sites for hydroxylation is 1. The Morgan fingerprint density at radius 3 is 2.90 bits per heavy atom. The van der Waals surface area contributed by atoms with Crippen molar-refractivity contribution in [1.29, 1.82) is 0 Å². The Hall–Kier alpha value is -1.99. The lowest BCUT2D eigenvalue weighted by Gasteiger charge is -2.05. The van der Waals surface area contributed by atoms with E-state index in [1.165, 1.54) is 29.5 Å². The predicted octanol–water partition coefficient (Wildman–Crippen LogP) is 2.99. The van der Waals surface area contributed by atoms with Crippen LogP contribution in [0.15, 0.2) is 23.6 Å². The van der Waals surface area contributed by atoms with Gasteiger partial charge in [-0.3, -0.25) is 14.9 Å².